The van der Waals surface area contributed by atoms with Crippen molar-refractivity contribution < 1.29 is 4.74 Å². The van der Waals surface area contributed by atoms with Gasteiger partial charge in [-0.2, -0.15) is 15.0 Å². The summed E-state index contributed by atoms with van der Waals surface area (Å²) in [5.41, 5.74) is 0. The number of anilines is 2. The maximum Gasteiger partial charge on any atom is 0.322 e. The van der Waals surface area contributed by atoms with Gasteiger partial charge < -0.3 is 15.0 Å². The smallest absolute Gasteiger partial charge is 0.322 e. The van der Waals surface area contributed by atoms with E-state index < -0.39 is 0 Å². The number of nitrogens with one attached hydrogen (secondary N) is 1. The lowest BCUT2D eigenvalue weighted by molar-refractivity contribution is 0.378. The average molecular weight is 277 g/mol. The second-order valence-corrected chi connectivity index (χ2v) is 5.81. The first-order valence-electron chi connectivity index (χ1n) is 7.58. The summed E-state index contributed by atoms with van der Waals surface area (Å²) >= 11 is 0. The lowest BCUT2D eigenvalue weighted by atomic mass is 10.2. The minimum atomic E-state index is 0.398. The summed E-state index contributed by atoms with van der Waals surface area (Å²) in [6.45, 7) is 4.27. The van der Waals surface area contributed by atoms with E-state index in [1.165, 1.54) is 32.1 Å². The summed E-state index contributed by atoms with van der Waals surface area (Å²) in [4.78, 5) is 15.5. The van der Waals surface area contributed by atoms with Crippen molar-refractivity contribution in [1.29, 1.82) is 0 Å². The van der Waals surface area contributed by atoms with Crippen LogP contribution in [0, 0.1) is 5.92 Å². The van der Waals surface area contributed by atoms with E-state index in [-0.39, 0.29) is 0 Å². The van der Waals surface area contributed by atoms with Crippen molar-refractivity contribution in [3.63, 3.8) is 0 Å². The van der Waals surface area contributed by atoms with Crippen LogP contribution in [-0.4, -0.2) is 41.2 Å². The Kier molecular flexibility index (Phi) is 3.89. The van der Waals surface area contributed by atoms with E-state index in [2.05, 4.69) is 32.1 Å². The zero-order valence-corrected chi connectivity index (χ0v) is 12.3. The molecule has 6 nitrogen and oxygen atoms in total. The van der Waals surface area contributed by atoms with Gasteiger partial charge in [0.1, 0.15) is 0 Å². The lowest BCUT2D eigenvalue weighted by Gasteiger charge is -2.20. The van der Waals surface area contributed by atoms with Crippen LogP contribution in [0.2, 0.25) is 0 Å². The summed E-state index contributed by atoms with van der Waals surface area (Å²) in [6.07, 6.45) is 6.19. The molecule has 1 aromatic heterocycles. The fraction of sp³-hybridized carbons (Fsp3) is 0.786. The molecule has 20 heavy (non-hydrogen) atoms. The minimum absolute atomic E-state index is 0.398. The Morgan fingerprint density at radius 2 is 1.80 bits per heavy atom. The lowest BCUT2D eigenvalue weighted by Crippen LogP contribution is -2.27. The molecule has 0 aromatic carbocycles. The molecule has 1 saturated heterocycles. The van der Waals surface area contributed by atoms with E-state index in [4.69, 9.17) is 4.74 Å². The van der Waals surface area contributed by atoms with Gasteiger partial charge in [-0.3, -0.25) is 0 Å². The number of rotatable bonds is 4. The SMILES string of the molecule is COc1nc(N[C@H]2C[C@H]2C)nc(N2CCCCCC2)n1. The molecular weight excluding hydrogens is 254 g/mol. The van der Waals surface area contributed by atoms with Crippen molar-refractivity contribution in [1.82, 2.24) is 15.0 Å². The van der Waals surface area contributed by atoms with Gasteiger partial charge in [0.05, 0.1) is 7.11 Å². The third-order valence-electron chi connectivity index (χ3n) is 4.10. The molecule has 0 unspecified atom stereocenters. The summed E-state index contributed by atoms with van der Waals surface area (Å²) < 4.78 is 5.22. The van der Waals surface area contributed by atoms with Crippen LogP contribution in [0.5, 0.6) is 6.01 Å². The molecule has 0 amide bonds. The monoisotopic (exact) mass is 277 g/mol. The molecule has 0 spiro atoms. The fourth-order valence-electron chi connectivity index (χ4n) is 2.60. The Morgan fingerprint density at radius 3 is 2.40 bits per heavy atom. The van der Waals surface area contributed by atoms with Crippen LogP contribution in [0.4, 0.5) is 11.9 Å². The van der Waals surface area contributed by atoms with Gasteiger partial charge in [-0.05, 0) is 25.2 Å². The number of nitrogens with zero attached hydrogens (tertiary/aromatic N) is 4. The Hall–Kier alpha value is -1.59. The third-order valence-corrected chi connectivity index (χ3v) is 4.10. The van der Waals surface area contributed by atoms with Crippen LogP contribution in [0.1, 0.15) is 39.0 Å². The number of ether oxygens (including phenoxy) is 1. The van der Waals surface area contributed by atoms with Gasteiger partial charge >= 0.3 is 6.01 Å². The first-order valence-corrected chi connectivity index (χ1v) is 7.58. The van der Waals surface area contributed by atoms with Crippen LogP contribution < -0.4 is 15.0 Å². The van der Waals surface area contributed by atoms with Crippen molar-refractivity contribution in [2.75, 3.05) is 30.4 Å². The van der Waals surface area contributed by atoms with Crippen LogP contribution in [0.15, 0.2) is 0 Å². The topological polar surface area (TPSA) is 63.2 Å². The second-order valence-electron chi connectivity index (χ2n) is 5.81. The molecule has 6 heteroatoms. The van der Waals surface area contributed by atoms with Crippen LogP contribution in [-0.2, 0) is 0 Å². The highest BCUT2D eigenvalue weighted by Gasteiger charge is 2.33. The zero-order valence-electron chi connectivity index (χ0n) is 12.3. The Balaban J connectivity index is 1.79. The summed E-state index contributed by atoms with van der Waals surface area (Å²) in [7, 11) is 1.60. The number of hydrogen-bond acceptors (Lipinski definition) is 6. The summed E-state index contributed by atoms with van der Waals surface area (Å²) in [5, 5.41) is 3.37. The summed E-state index contributed by atoms with van der Waals surface area (Å²) in [6, 6.07) is 0.897. The molecule has 0 radical (unpaired) electrons. The molecule has 2 heterocycles. The van der Waals surface area contributed by atoms with Crippen molar-refractivity contribution in [2.45, 2.75) is 45.1 Å². The highest BCUT2D eigenvalue weighted by atomic mass is 16.5. The van der Waals surface area contributed by atoms with Gasteiger partial charge in [-0.25, -0.2) is 0 Å². The predicted molar refractivity (Wildman–Crippen MR) is 78.3 cm³/mol. The molecule has 1 aliphatic heterocycles. The van der Waals surface area contributed by atoms with Gasteiger partial charge in [-0.1, -0.05) is 19.8 Å². The van der Waals surface area contributed by atoms with Gasteiger partial charge in [0.15, 0.2) is 0 Å². The Labute approximate surface area is 120 Å². The Morgan fingerprint density at radius 1 is 1.10 bits per heavy atom. The van der Waals surface area contributed by atoms with Gasteiger partial charge in [-0.15, -0.1) is 0 Å². The van der Waals surface area contributed by atoms with E-state index in [0.29, 0.717) is 23.9 Å². The van der Waals surface area contributed by atoms with Gasteiger partial charge in [0, 0.05) is 19.1 Å². The van der Waals surface area contributed by atoms with E-state index in [0.717, 1.165) is 19.0 Å². The maximum atomic E-state index is 5.22. The van der Waals surface area contributed by atoms with Crippen molar-refractivity contribution in [3.8, 4) is 6.01 Å². The van der Waals surface area contributed by atoms with Crippen LogP contribution >= 0.6 is 0 Å². The maximum absolute atomic E-state index is 5.22. The molecule has 1 N–H and O–H groups in total. The molecule has 2 atom stereocenters. The largest absolute Gasteiger partial charge is 0.467 e. The highest BCUT2D eigenvalue weighted by Crippen LogP contribution is 2.32. The minimum Gasteiger partial charge on any atom is -0.467 e. The molecule has 3 rings (SSSR count). The average Bonchev–Trinajstić information content (AvgIpc) is 3.20. The molecule has 110 valence electrons. The number of aromatic nitrogens is 3. The van der Waals surface area contributed by atoms with Crippen molar-refractivity contribution in [3.05, 3.63) is 0 Å². The van der Waals surface area contributed by atoms with Gasteiger partial charge in [0.25, 0.3) is 0 Å². The standard InChI is InChI=1S/C14H23N5O/c1-10-9-11(10)15-12-16-13(18-14(17-12)20-2)19-7-5-3-4-6-8-19/h10-11H,3-9H2,1-2H3,(H,15,16,17,18)/t10-,11+/m1/s1. The molecule has 2 fully saturated rings. The first kappa shape index (κ1) is 13.4. The number of methoxy groups -OCH3 is 1. The molecule has 0 bridgehead atoms. The first-order chi connectivity index (χ1) is 9.76. The number of hydrogen-bond donors (Lipinski definition) is 1. The molecule has 1 aliphatic carbocycles. The quantitative estimate of drug-likeness (QED) is 0.909. The third kappa shape index (κ3) is 3.11. The highest BCUT2D eigenvalue weighted by molar-refractivity contribution is 5.40. The van der Waals surface area contributed by atoms with E-state index in [9.17, 15) is 0 Å². The molecular formula is C14H23N5O. The van der Waals surface area contributed by atoms with Crippen molar-refractivity contribution >= 4 is 11.9 Å². The second kappa shape index (κ2) is 5.81. The van der Waals surface area contributed by atoms with Crippen LogP contribution in [0.3, 0.4) is 0 Å². The van der Waals surface area contributed by atoms with Crippen LogP contribution in [0.25, 0.3) is 0 Å². The predicted octanol–water partition coefficient (Wildman–Crippen LogP) is 2.08. The molecule has 2 aliphatic rings. The van der Waals surface area contributed by atoms with Crippen molar-refractivity contribution in [2.24, 2.45) is 5.92 Å². The van der Waals surface area contributed by atoms with E-state index in [1.54, 1.807) is 7.11 Å². The zero-order chi connectivity index (χ0) is 13.9. The fourth-order valence-corrected chi connectivity index (χ4v) is 2.60. The van der Waals surface area contributed by atoms with E-state index >= 15 is 0 Å². The van der Waals surface area contributed by atoms with E-state index in [1.807, 2.05) is 0 Å². The molecule has 1 saturated carbocycles. The normalized spacial score (nSPS) is 26.0. The summed E-state index contributed by atoms with van der Waals surface area (Å²) in [5.74, 6) is 2.10. The van der Waals surface area contributed by atoms with Gasteiger partial charge in [0.2, 0.25) is 11.9 Å². The Bertz CT molecular complexity index is 459. The molecule has 1 aromatic rings.